The molecular formula is C46H43N. The van der Waals surface area contributed by atoms with E-state index < -0.39 is 0 Å². The molecule has 9 rings (SSSR count). The average molecular weight is 610 g/mol. The van der Waals surface area contributed by atoms with Crippen LogP contribution in [0.2, 0.25) is 0 Å². The molecule has 0 N–H and O–H groups in total. The minimum absolute atomic E-state index is 0.0771. The zero-order valence-corrected chi connectivity index (χ0v) is 28.1. The molecule has 3 atom stereocenters. The number of benzene rings is 6. The molecule has 2 saturated carbocycles. The van der Waals surface area contributed by atoms with Crippen LogP contribution in [0.4, 0.5) is 17.1 Å². The van der Waals surface area contributed by atoms with Gasteiger partial charge in [-0.05, 0) is 143 Å². The van der Waals surface area contributed by atoms with E-state index in [-0.39, 0.29) is 5.41 Å². The summed E-state index contributed by atoms with van der Waals surface area (Å²) in [6, 6.07) is 46.2. The maximum Gasteiger partial charge on any atom is 0.0546 e. The van der Waals surface area contributed by atoms with Crippen molar-refractivity contribution in [2.24, 2.45) is 11.8 Å². The van der Waals surface area contributed by atoms with Crippen molar-refractivity contribution < 1.29 is 0 Å². The third-order valence-electron chi connectivity index (χ3n) is 12.0. The Morgan fingerprint density at radius 3 is 2.04 bits per heavy atom. The molecular weight excluding hydrogens is 567 g/mol. The SMILES string of the molecule is Cc1ccccc1-c1cc2ccccc2cc1N(c1ccc(C2CC3CCC2C3)cc1)c1ccc2c(c1)C(C)(C)c1cccc(C)c1-2. The fraction of sp³-hybridized carbons (Fsp3) is 0.261. The largest absolute Gasteiger partial charge is 0.310 e. The minimum Gasteiger partial charge on any atom is -0.310 e. The quantitative estimate of drug-likeness (QED) is 0.188. The summed E-state index contributed by atoms with van der Waals surface area (Å²) >= 11 is 0. The molecule has 47 heavy (non-hydrogen) atoms. The summed E-state index contributed by atoms with van der Waals surface area (Å²) in [7, 11) is 0. The first-order chi connectivity index (χ1) is 22.9. The highest BCUT2D eigenvalue weighted by Gasteiger charge is 2.40. The van der Waals surface area contributed by atoms with Gasteiger partial charge in [-0.3, -0.25) is 0 Å². The third kappa shape index (κ3) is 4.50. The fourth-order valence-electron chi connectivity index (χ4n) is 9.55. The Hall–Kier alpha value is -4.62. The van der Waals surface area contributed by atoms with Gasteiger partial charge in [0.15, 0.2) is 0 Å². The van der Waals surface area contributed by atoms with E-state index in [1.165, 1.54) is 104 Å². The van der Waals surface area contributed by atoms with E-state index in [9.17, 15) is 0 Å². The Morgan fingerprint density at radius 1 is 0.574 bits per heavy atom. The molecule has 0 spiro atoms. The Balaban J connectivity index is 1.26. The molecule has 3 aliphatic carbocycles. The fourth-order valence-corrected chi connectivity index (χ4v) is 9.55. The molecule has 6 aromatic carbocycles. The summed E-state index contributed by atoms with van der Waals surface area (Å²) < 4.78 is 0. The lowest BCUT2D eigenvalue weighted by molar-refractivity contribution is 0.420. The molecule has 3 aliphatic rings. The predicted molar refractivity (Wildman–Crippen MR) is 199 cm³/mol. The van der Waals surface area contributed by atoms with E-state index in [2.05, 4.69) is 154 Å². The maximum atomic E-state index is 2.53. The third-order valence-corrected chi connectivity index (χ3v) is 12.0. The van der Waals surface area contributed by atoms with Gasteiger partial charge in [0.25, 0.3) is 0 Å². The van der Waals surface area contributed by atoms with Crippen LogP contribution in [0.3, 0.4) is 0 Å². The van der Waals surface area contributed by atoms with Crippen molar-refractivity contribution in [3.05, 3.63) is 149 Å². The molecule has 1 heteroatoms. The van der Waals surface area contributed by atoms with Crippen LogP contribution in [-0.4, -0.2) is 0 Å². The van der Waals surface area contributed by atoms with Crippen LogP contribution in [0.1, 0.15) is 73.3 Å². The Bertz CT molecular complexity index is 2170. The molecule has 2 bridgehead atoms. The molecule has 6 aromatic rings. The van der Waals surface area contributed by atoms with Crippen LogP contribution in [0.25, 0.3) is 33.0 Å². The van der Waals surface area contributed by atoms with E-state index in [1.807, 2.05) is 0 Å². The van der Waals surface area contributed by atoms with Crippen LogP contribution >= 0.6 is 0 Å². The van der Waals surface area contributed by atoms with Crippen LogP contribution < -0.4 is 4.90 Å². The van der Waals surface area contributed by atoms with E-state index in [0.717, 1.165) is 17.8 Å². The number of fused-ring (bicyclic) bond motifs is 6. The second kappa shape index (κ2) is 10.7. The summed E-state index contributed by atoms with van der Waals surface area (Å²) in [5.74, 6) is 2.54. The lowest BCUT2D eigenvalue weighted by atomic mass is 9.82. The second-order valence-corrected chi connectivity index (χ2v) is 15.1. The van der Waals surface area contributed by atoms with Crippen molar-refractivity contribution in [3.63, 3.8) is 0 Å². The van der Waals surface area contributed by atoms with E-state index in [1.54, 1.807) is 0 Å². The highest BCUT2D eigenvalue weighted by Crippen LogP contribution is 2.54. The minimum atomic E-state index is -0.0771. The number of aryl methyl sites for hydroxylation is 2. The topological polar surface area (TPSA) is 3.24 Å². The summed E-state index contributed by atoms with van der Waals surface area (Å²) in [5, 5.41) is 2.52. The van der Waals surface area contributed by atoms with Gasteiger partial charge >= 0.3 is 0 Å². The lowest BCUT2D eigenvalue weighted by Crippen LogP contribution is -2.17. The molecule has 232 valence electrons. The lowest BCUT2D eigenvalue weighted by Gasteiger charge is -2.31. The van der Waals surface area contributed by atoms with Gasteiger partial charge in [-0.25, -0.2) is 0 Å². The first-order valence-corrected chi connectivity index (χ1v) is 17.6. The zero-order valence-electron chi connectivity index (χ0n) is 28.1. The second-order valence-electron chi connectivity index (χ2n) is 15.1. The average Bonchev–Trinajstić information content (AvgIpc) is 3.79. The van der Waals surface area contributed by atoms with E-state index in [0.29, 0.717) is 0 Å². The molecule has 0 aromatic heterocycles. The first-order valence-electron chi connectivity index (χ1n) is 17.6. The van der Waals surface area contributed by atoms with Gasteiger partial charge in [-0.1, -0.05) is 105 Å². The first kappa shape index (κ1) is 28.6. The summed E-state index contributed by atoms with van der Waals surface area (Å²) in [6.45, 7) is 9.28. The maximum absolute atomic E-state index is 2.53. The monoisotopic (exact) mass is 609 g/mol. The number of nitrogens with zero attached hydrogens (tertiary/aromatic N) is 1. The molecule has 3 unspecified atom stereocenters. The van der Waals surface area contributed by atoms with Crippen molar-refractivity contribution in [2.75, 3.05) is 4.90 Å². The van der Waals surface area contributed by atoms with Crippen LogP contribution in [0.15, 0.2) is 121 Å². The highest BCUT2D eigenvalue weighted by atomic mass is 15.1. The van der Waals surface area contributed by atoms with Crippen molar-refractivity contribution in [1.29, 1.82) is 0 Å². The van der Waals surface area contributed by atoms with Crippen LogP contribution in [0.5, 0.6) is 0 Å². The smallest absolute Gasteiger partial charge is 0.0546 e. The number of anilines is 3. The van der Waals surface area contributed by atoms with E-state index >= 15 is 0 Å². The normalized spacial score (nSPS) is 20.4. The van der Waals surface area contributed by atoms with Gasteiger partial charge in [0, 0.05) is 22.4 Å². The van der Waals surface area contributed by atoms with Gasteiger partial charge in [-0.15, -0.1) is 0 Å². The molecule has 0 amide bonds. The molecule has 0 heterocycles. The van der Waals surface area contributed by atoms with Crippen LogP contribution in [-0.2, 0) is 5.41 Å². The Morgan fingerprint density at radius 2 is 1.30 bits per heavy atom. The van der Waals surface area contributed by atoms with Gasteiger partial charge in [0.2, 0.25) is 0 Å². The van der Waals surface area contributed by atoms with Crippen molar-refractivity contribution >= 4 is 27.8 Å². The highest BCUT2D eigenvalue weighted by molar-refractivity contribution is 5.99. The van der Waals surface area contributed by atoms with E-state index in [4.69, 9.17) is 0 Å². The van der Waals surface area contributed by atoms with Gasteiger partial charge < -0.3 is 4.90 Å². The summed E-state index contributed by atoms with van der Waals surface area (Å²) in [6.07, 6.45) is 5.65. The molecule has 2 fully saturated rings. The predicted octanol–water partition coefficient (Wildman–Crippen LogP) is 12.8. The van der Waals surface area contributed by atoms with Gasteiger partial charge in [0.05, 0.1) is 5.69 Å². The van der Waals surface area contributed by atoms with Gasteiger partial charge in [-0.2, -0.15) is 0 Å². The Kier molecular flexibility index (Phi) is 6.51. The summed E-state index contributed by atoms with van der Waals surface area (Å²) in [5.41, 5.74) is 15.9. The number of hydrogen-bond acceptors (Lipinski definition) is 1. The standard InChI is InChI=1S/C46H43N/c1-29-10-5-8-14-38(29)41-26-33-12-6-7-13-34(33)27-44(41)47(36-20-18-32(19-21-36)40-25-31-16-17-35(40)24-31)37-22-23-39-43(28-37)46(3,4)42-15-9-11-30(2)45(39)42/h5-15,18-23,26-28,31,35,40H,16-17,24-25H2,1-4H3. The zero-order chi connectivity index (χ0) is 31.9. The Labute approximate surface area is 279 Å². The molecule has 0 aliphatic heterocycles. The summed E-state index contributed by atoms with van der Waals surface area (Å²) in [4.78, 5) is 2.53. The van der Waals surface area contributed by atoms with Crippen LogP contribution in [0, 0.1) is 25.7 Å². The van der Waals surface area contributed by atoms with Crippen molar-refractivity contribution in [3.8, 4) is 22.3 Å². The van der Waals surface area contributed by atoms with Crippen molar-refractivity contribution in [2.45, 2.75) is 64.7 Å². The molecule has 0 radical (unpaired) electrons. The van der Waals surface area contributed by atoms with Gasteiger partial charge in [0.1, 0.15) is 0 Å². The molecule has 1 nitrogen and oxygen atoms in total. The number of rotatable bonds is 5. The number of hydrogen-bond donors (Lipinski definition) is 0. The molecule has 0 saturated heterocycles. The van der Waals surface area contributed by atoms with Crippen molar-refractivity contribution in [1.82, 2.24) is 0 Å².